The van der Waals surface area contributed by atoms with Crippen molar-refractivity contribution in [2.24, 2.45) is 7.05 Å². The Bertz CT molecular complexity index is 532. The number of nitrogens with zero attached hydrogens (tertiary/aromatic N) is 2. The van der Waals surface area contributed by atoms with Gasteiger partial charge < -0.3 is 5.11 Å². The molecule has 1 aromatic rings. The van der Waals surface area contributed by atoms with E-state index in [-0.39, 0.29) is 11.6 Å². The van der Waals surface area contributed by atoms with Crippen molar-refractivity contribution in [3.05, 3.63) is 11.4 Å². The van der Waals surface area contributed by atoms with Crippen molar-refractivity contribution in [1.82, 2.24) is 9.78 Å². The lowest BCUT2D eigenvalue weighted by Gasteiger charge is -2.07. The molecule has 1 rings (SSSR count). The summed E-state index contributed by atoms with van der Waals surface area (Å²) in [4.78, 5) is 10.4. The Balaban J connectivity index is 3.70. The summed E-state index contributed by atoms with van der Waals surface area (Å²) in [6, 6.07) is 0. The lowest BCUT2D eigenvalue weighted by Crippen LogP contribution is -2.06. The highest BCUT2D eigenvalue weighted by atomic mass is 35.7. The lowest BCUT2D eigenvalue weighted by molar-refractivity contribution is 0.0685. The number of carboxylic acids is 1. The molecule has 90 valence electrons. The first-order valence-corrected chi connectivity index (χ1v) is 6.72. The number of carbonyl (C=O) groups is 1. The van der Waals surface area contributed by atoms with E-state index >= 15 is 0 Å². The van der Waals surface area contributed by atoms with Crippen molar-refractivity contribution in [2.45, 2.75) is 24.7 Å². The van der Waals surface area contributed by atoms with E-state index in [2.05, 4.69) is 5.10 Å². The molecule has 0 radical (unpaired) electrons. The smallest absolute Gasteiger partial charge is 0.357 e. The summed E-state index contributed by atoms with van der Waals surface area (Å²) in [5.41, 5.74) is -0.256. The molecule has 1 N–H and O–H groups in total. The second-order valence-electron chi connectivity index (χ2n) is 3.58. The minimum Gasteiger partial charge on any atom is -0.476 e. The lowest BCUT2D eigenvalue weighted by atomic mass is 10.1. The van der Waals surface area contributed by atoms with Crippen LogP contribution in [-0.2, 0) is 16.1 Å². The number of hydrogen-bond donors (Lipinski definition) is 1. The second-order valence-corrected chi connectivity index (χ2v) is 6.09. The number of aromatic nitrogens is 2. The molecular formula is C8H11ClN2O4S. The third-order valence-corrected chi connectivity index (χ3v) is 3.39. The molecule has 0 aliphatic rings. The Hall–Kier alpha value is -1.08. The zero-order chi connectivity index (χ0) is 12.7. The van der Waals surface area contributed by atoms with Crippen molar-refractivity contribution >= 4 is 25.7 Å². The molecule has 0 saturated heterocycles. The maximum atomic E-state index is 11.3. The molecule has 0 amide bonds. The summed E-state index contributed by atoms with van der Waals surface area (Å²) >= 11 is 0. The predicted octanol–water partition coefficient (Wildman–Crippen LogP) is 1.17. The Labute approximate surface area is 97.3 Å². The highest BCUT2D eigenvalue weighted by molar-refractivity contribution is 8.13. The largest absolute Gasteiger partial charge is 0.476 e. The van der Waals surface area contributed by atoms with Crippen molar-refractivity contribution in [1.29, 1.82) is 0 Å². The first-order chi connectivity index (χ1) is 7.16. The Morgan fingerprint density at radius 3 is 2.31 bits per heavy atom. The van der Waals surface area contributed by atoms with Gasteiger partial charge in [0, 0.05) is 17.7 Å². The monoisotopic (exact) mass is 266 g/mol. The van der Waals surface area contributed by atoms with Gasteiger partial charge in [0.05, 0.1) is 5.69 Å². The Morgan fingerprint density at radius 2 is 2.00 bits per heavy atom. The van der Waals surface area contributed by atoms with Crippen LogP contribution >= 0.6 is 10.7 Å². The fraction of sp³-hybridized carbons (Fsp3) is 0.500. The molecule has 8 heteroatoms. The standard InChI is InChI=1S/C8H11ClN2O4S/c1-4(2)6-7(16(9,14)15)5(8(12)13)10-11(6)3/h4H,1-3H3,(H,12,13). The van der Waals surface area contributed by atoms with Crippen LogP contribution in [0.3, 0.4) is 0 Å². The molecule has 6 nitrogen and oxygen atoms in total. The number of halogens is 1. The average Bonchev–Trinajstić information content (AvgIpc) is 2.41. The number of rotatable bonds is 3. The van der Waals surface area contributed by atoms with E-state index in [0.717, 1.165) is 0 Å². The van der Waals surface area contributed by atoms with Crippen molar-refractivity contribution in [3.63, 3.8) is 0 Å². The van der Waals surface area contributed by atoms with Crippen LogP contribution in [0.2, 0.25) is 0 Å². The SMILES string of the molecule is CC(C)c1c(S(=O)(=O)Cl)c(C(=O)O)nn1C. The number of aromatic carboxylic acids is 1. The topological polar surface area (TPSA) is 89.3 Å². The van der Waals surface area contributed by atoms with E-state index in [0.29, 0.717) is 0 Å². The molecular weight excluding hydrogens is 256 g/mol. The van der Waals surface area contributed by atoms with Gasteiger partial charge in [-0.2, -0.15) is 5.10 Å². The van der Waals surface area contributed by atoms with Gasteiger partial charge in [0.1, 0.15) is 4.90 Å². The summed E-state index contributed by atoms with van der Waals surface area (Å²) < 4.78 is 23.9. The molecule has 0 aliphatic heterocycles. The molecule has 0 unspecified atom stereocenters. The molecule has 1 heterocycles. The minimum absolute atomic E-state index is 0.200. The number of hydrogen-bond acceptors (Lipinski definition) is 4. The van der Waals surface area contributed by atoms with Gasteiger partial charge in [0.15, 0.2) is 5.69 Å². The summed E-state index contributed by atoms with van der Waals surface area (Å²) in [7, 11) is 2.58. The molecule has 0 bridgehead atoms. The van der Waals surface area contributed by atoms with E-state index in [1.165, 1.54) is 11.7 Å². The Kier molecular flexibility index (Phi) is 3.30. The van der Waals surface area contributed by atoms with Crippen LogP contribution in [0.5, 0.6) is 0 Å². The van der Waals surface area contributed by atoms with Crippen LogP contribution in [0.1, 0.15) is 35.9 Å². The number of aryl methyl sites for hydroxylation is 1. The van der Waals surface area contributed by atoms with E-state index in [1.54, 1.807) is 13.8 Å². The molecule has 16 heavy (non-hydrogen) atoms. The minimum atomic E-state index is -4.13. The van der Waals surface area contributed by atoms with Crippen LogP contribution in [0.4, 0.5) is 0 Å². The van der Waals surface area contributed by atoms with Gasteiger partial charge in [-0.25, -0.2) is 13.2 Å². The molecule has 0 spiro atoms. The van der Waals surface area contributed by atoms with Crippen LogP contribution in [0, 0.1) is 0 Å². The van der Waals surface area contributed by atoms with Crippen LogP contribution in [0.25, 0.3) is 0 Å². The quantitative estimate of drug-likeness (QED) is 0.830. The average molecular weight is 267 g/mol. The van der Waals surface area contributed by atoms with Crippen LogP contribution in [-0.4, -0.2) is 29.3 Å². The van der Waals surface area contributed by atoms with Crippen molar-refractivity contribution in [3.8, 4) is 0 Å². The van der Waals surface area contributed by atoms with Crippen LogP contribution < -0.4 is 0 Å². The van der Waals surface area contributed by atoms with Gasteiger partial charge in [-0.1, -0.05) is 13.8 Å². The predicted molar refractivity (Wildman–Crippen MR) is 57.3 cm³/mol. The zero-order valence-electron chi connectivity index (χ0n) is 8.93. The summed E-state index contributed by atoms with van der Waals surface area (Å²) in [6.45, 7) is 3.46. The van der Waals surface area contributed by atoms with Crippen molar-refractivity contribution in [2.75, 3.05) is 0 Å². The summed E-state index contributed by atoms with van der Waals surface area (Å²) in [6.07, 6.45) is 0. The van der Waals surface area contributed by atoms with E-state index < -0.39 is 25.6 Å². The molecule has 1 aromatic heterocycles. The molecule has 0 aliphatic carbocycles. The van der Waals surface area contributed by atoms with E-state index in [1.807, 2.05) is 0 Å². The van der Waals surface area contributed by atoms with Gasteiger partial charge in [0.2, 0.25) is 0 Å². The van der Waals surface area contributed by atoms with Gasteiger partial charge >= 0.3 is 5.97 Å². The summed E-state index contributed by atoms with van der Waals surface area (Å²) in [5.74, 6) is -1.61. The molecule has 0 atom stereocenters. The molecule has 0 saturated carbocycles. The summed E-state index contributed by atoms with van der Waals surface area (Å²) in [5, 5.41) is 12.5. The molecule has 0 fully saturated rings. The van der Waals surface area contributed by atoms with Gasteiger partial charge in [-0.15, -0.1) is 0 Å². The fourth-order valence-electron chi connectivity index (χ4n) is 1.53. The fourth-order valence-corrected chi connectivity index (χ4v) is 2.97. The van der Waals surface area contributed by atoms with Crippen LogP contribution in [0.15, 0.2) is 4.90 Å². The number of carboxylic acid groups (broad SMARTS) is 1. The first-order valence-electron chi connectivity index (χ1n) is 4.41. The highest BCUT2D eigenvalue weighted by Crippen LogP contribution is 2.29. The maximum absolute atomic E-state index is 11.3. The van der Waals surface area contributed by atoms with Gasteiger partial charge in [-0.05, 0) is 5.92 Å². The zero-order valence-corrected chi connectivity index (χ0v) is 10.5. The molecule has 0 aromatic carbocycles. The maximum Gasteiger partial charge on any atom is 0.357 e. The third kappa shape index (κ3) is 2.19. The highest BCUT2D eigenvalue weighted by Gasteiger charge is 2.31. The normalized spacial score (nSPS) is 12.1. The first kappa shape index (κ1) is 13.0. The second kappa shape index (κ2) is 4.06. The Morgan fingerprint density at radius 1 is 1.50 bits per heavy atom. The van der Waals surface area contributed by atoms with Crippen molar-refractivity contribution < 1.29 is 18.3 Å². The van der Waals surface area contributed by atoms with Gasteiger partial charge in [-0.3, -0.25) is 4.68 Å². The van der Waals surface area contributed by atoms with Gasteiger partial charge in [0.25, 0.3) is 9.05 Å². The van der Waals surface area contributed by atoms with E-state index in [4.69, 9.17) is 15.8 Å². The third-order valence-electron chi connectivity index (χ3n) is 2.04. The van der Waals surface area contributed by atoms with E-state index in [9.17, 15) is 13.2 Å².